The molecule has 2 aliphatic rings. The fraction of sp³-hybridized carbons (Fsp3) is 0.333. The highest BCUT2D eigenvalue weighted by Gasteiger charge is 2.38. The van der Waals surface area contributed by atoms with Crippen LogP contribution in [-0.2, 0) is 14.3 Å². The summed E-state index contributed by atoms with van der Waals surface area (Å²) in [5.74, 6) is -4.42. The lowest BCUT2D eigenvalue weighted by Crippen LogP contribution is -2.47. The number of carbonyl (C=O) groups is 4. The lowest BCUT2D eigenvalue weighted by molar-refractivity contribution is -0.192. The van der Waals surface area contributed by atoms with Crippen molar-refractivity contribution < 1.29 is 47.3 Å². The SMILES string of the molecule is O=C(O)C(F)(F)F.O=C1C(OCC(=O)N2CCNCC2)=CC(=O)c2c(O)cccc21. The molecule has 162 valence electrons. The number of phenolic OH excluding ortho intramolecular Hbond substituents is 1. The number of phenols is 1. The van der Waals surface area contributed by atoms with Crippen molar-refractivity contribution in [2.75, 3.05) is 32.8 Å². The number of amides is 1. The van der Waals surface area contributed by atoms with Gasteiger partial charge in [-0.2, -0.15) is 13.2 Å². The van der Waals surface area contributed by atoms with Crippen molar-refractivity contribution in [3.63, 3.8) is 0 Å². The number of allylic oxidation sites excluding steroid dienone is 2. The number of nitrogens with one attached hydrogen (secondary N) is 1. The molecule has 0 atom stereocenters. The summed E-state index contributed by atoms with van der Waals surface area (Å²) in [4.78, 5) is 46.9. The Balaban J connectivity index is 0.000000396. The Morgan fingerprint density at radius 3 is 2.33 bits per heavy atom. The van der Waals surface area contributed by atoms with Gasteiger partial charge in [0.05, 0.1) is 5.56 Å². The first kappa shape index (κ1) is 22.9. The van der Waals surface area contributed by atoms with E-state index in [-0.39, 0.29) is 35.1 Å². The maximum Gasteiger partial charge on any atom is 0.490 e. The number of Topliss-reactive ketones (excluding diaryl/α,β-unsaturated/α-hetero) is 1. The van der Waals surface area contributed by atoms with Gasteiger partial charge in [-0.3, -0.25) is 14.4 Å². The van der Waals surface area contributed by atoms with E-state index in [1.165, 1.54) is 18.2 Å². The molecule has 1 heterocycles. The summed E-state index contributed by atoms with van der Waals surface area (Å²) in [6, 6.07) is 4.27. The summed E-state index contributed by atoms with van der Waals surface area (Å²) >= 11 is 0. The summed E-state index contributed by atoms with van der Waals surface area (Å²) < 4.78 is 37.0. The second-order valence-corrected chi connectivity index (χ2v) is 6.12. The highest BCUT2D eigenvalue weighted by Crippen LogP contribution is 2.28. The minimum atomic E-state index is -5.08. The standard InChI is InChI=1S/C16H16N2O5.C2HF3O2/c19-11-3-1-2-10-15(11)12(20)8-13(16(10)22)23-9-14(21)18-6-4-17-5-7-18;3-2(4,5)1(6)7/h1-3,8,17,19H,4-7,9H2;(H,6,7). The van der Waals surface area contributed by atoms with Gasteiger partial charge >= 0.3 is 12.1 Å². The molecule has 0 unspecified atom stereocenters. The number of fused-ring (bicyclic) bond motifs is 1. The van der Waals surface area contributed by atoms with Crippen molar-refractivity contribution in [3.05, 3.63) is 41.2 Å². The number of ether oxygens (including phenoxy) is 1. The number of carbonyl (C=O) groups excluding carboxylic acids is 3. The molecule has 1 fully saturated rings. The number of hydrogen-bond acceptors (Lipinski definition) is 7. The molecule has 0 radical (unpaired) electrons. The van der Waals surface area contributed by atoms with Gasteiger partial charge in [-0.1, -0.05) is 6.07 Å². The molecule has 0 spiro atoms. The average Bonchev–Trinajstić information content (AvgIpc) is 2.69. The number of piperazine rings is 1. The number of halogens is 3. The number of carboxylic acids is 1. The third kappa shape index (κ3) is 5.56. The van der Waals surface area contributed by atoms with Crippen molar-refractivity contribution in [2.45, 2.75) is 6.18 Å². The van der Waals surface area contributed by atoms with Crippen LogP contribution in [0.15, 0.2) is 30.0 Å². The lowest BCUT2D eigenvalue weighted by Gasteiger charge is -2.27. The number of hydrogen-bond donors (Lipinski definition) is 3. The summed E-state index contributed by atoms with van der Waals surface area (Å²) in [5.41, 5.74) is 0.0559. The van der Waals surface area contributed by atoms with Gasteiger partial charge in [0.25, 0.3) is 5.91 Å². The minimum Gasteiger partial charge on any atom is -0.507 e. The molecule has 1 saturated heterocycles. The van der Waals surface area contributed by atoms with Crippen LogP contribution in [0.2, 0.25) is 0 Å². The zero-order valence-corrected chi connectivity index (χ0v) is 15.4. The largest absolute Gasteiger partial charge is 0.507 e. The highest BCUT2D eigenvalue weighted by molar-refractivity contribution is 6.24. The predicted molar refractivity (Wildman–Crippen MR) is 93.9 cm³/mol. The second-order valence-electron chi connectivity index (χ2n) is 6.12. The van der Waals surface area contributed by atoms with Crippen LogP contribution in [-0.4, -0.2) is 77.5 Å². The van der Waals surface area contributed by atoms with E-state index in [0.717, 1.165) is 19.2 Å². The van der Waals surface area contributed by atoms with Crippen LogP contribution in [0.1, 0.15) is 20.7 Å². The van der Waals surface area contributed by atoms with Crippen LogP contribution in [0.5, 0.6) is 5.75 Å². The van der Waals surface area contributed by atoms with Crippen LogP contribution in [0.3, 0.4) is 0 Å². The topological polar surface area (TPSA) is 133 Å². The fourth-order valence-electron chi connectivity index (χ4n) is 2.63. The molecule has 0 saturated carbocycles. The zero-order valence-electron chi connectivity index (χ0n) is 15.4. The number of alkyl halides is 3. The van der Waals surface area contributed by atoms with E-state index in [2.05, 4.69) is 5.32 Å². The van der Waals surface area contributed by atoms with E-state index in [9.17, 15) is 32.7 Å². The maximum absolute atomic E-state index is 12.3. The molecule has 1 aliphatic carbocycles. The Labute approximate surface area is 167 Å². The first-order valence-electron chi connectivity index (χ1n) is 8.56. The summed E-state index contributed by atoms with van der Waals surface area (Å²) in [5, 5.41) is 20.0. The van der Waals surface area contributed by atoms with Gasteiger partial charge in [0, 0.05) is 37.8 Å². The minimum absolute atomic E-state index is 0.0294. The number of carboxylic acid groups (broad SMARTS) is 1. The van der Waals surface area contributed by atoms with Crippen LogP contribution in [0.4, 0.5) is 13.2 Å². The second kappa shape index (κ2) is 9.39. The van der Waals surface area contributed by atoms with Crippen LogP contribution in [0.25, 0.3) is 0 Å². The summed E-state index contributed by atoms with van der Waals surface area (Å²) in [6.45, 7) is 2.33. The van der Waals surface area contributed by atoms with Gasteiger partial charge in [-0.25, -0.2) is 4.79 Å². The molecule has 1 amide bonds. The molecule has 30 heavy (non-hydrogen) atoms. The van der Waals surface area contributed by atoms with E-state index in [1.54, 1.807) is 4.90 Å². The highest BCUT2D eigenvalue weighted by atomic mass is 19.4. The zero-order chi connectivity index (χ0) is 22.5. The molecule has 1 aromatic rings. The van der Waals surface area contributed by atoms with Gasteiger partial charge in [0.2, 0.25) is 5.78 Å². The van der Waals surface area contributed by atoms with Crippen molar-refractivity contribution in [3.8, 4) is 5.75 Å². The molecule has 12 heteroatoms. The van der Waals surface area contributed by atoms with Gasteiger partial charge in [0.1, 0.15) is 5.75 Å². The van der Waals surface area contributed by atoms with Crippen molar-refractivity contribution in [2.24, 2.45) is 0 Å². The van der Waals surface area contributed by atoms with E-state index >= 15 is 0 Å². The van der Waals surface area contributed by atoms with Crippen molar-refractivity contribution in [1.82, 2.24) is 10.2 Å². The molecular formula is C18H17F3N2O7. The number of nitrogens with zero attached hydrogens (tertiary/aromatic N) is 1. The number of aromatic hydroxyl groups is 1. The quantitative estimate of drug-likeness (QED) is 0.640. The predicted octanol–water partition coefficient (Wildman–Crippen LogP) is 0.737. The van der Waals surface area contributed by atoms with E-state index in [4.69, 9.17) is 14.6 Å². The Morgan fingerprint density at radius 1 is 1.17 bits per heavy atom. The van der Waals surface area contributed by atoms with Gasteiger partial charge in [-0.15, -0.1) is 0 Å². The first-order valence-corrected chi connectivity index (χ1v) is 8.56. The molecule has 0 aromatic heterocycles. The first-order chi connectivity index (χ1) is 14.0. The number of ketones is 2. The maximum atomic E-state index is 12.3. The third-order valence-corrected chi connectivity index (χ3v) is 4.08. The van der Waals surface area contributed by atoms with Crippen LogP contribution < -0.4 is 5.32 Å². The van der Waals surface area contributed by atoms with E-state index < -0.39 is 23.7 Å². The van der Waals surface area contributed by atoms with Gasteiger partial charge < -0.3 is 25.2 Å². The summed E-state index contributed by atoms with van der Waals surface area (Å²) in [6.07, 6.45) is -4.06. The molecule has 0 bridgehead atoms. The number of benzene rings is 1. The van der Waals surface area contributed by atoms with Crippen molar-refractivity contribution in [1.29, 1.82) is 0 Å². The van der Waals surface area contributed by atoms with Crippen molar-refractivity contribution >= 4 is 23.4 Å². The fourth-order valence-corrected chi connectivity index (χ4v) is 2.63. The van der Waals surface area contributed by atoms with E-state index in [1.807, 2.05) is 0 Å². The smallest absolute Gasteiger partial charge is 0.490 e. The Hall–Kier alpha value is -3.41. The molecule has 1 aliphatic heterocycles. The van der Waals surface area contributed by atoms with Gasteiger partial charge in [-0.05, 0) is 12.1 Å². The normalized spacial score (nSPS) is 16.1. The number of rotatable bonds is 3. The monoisotopic (exact) mass is 430 g/mol. The summed E-state index contributed by atoms with van der Waals surface area (Å²) in [7, 11) is 0. The van der Waals surface area contributed by atoms with Crippen LogP contribution in [0, 0.1) is 0 Å². The molecule has 3 N–H and O–H groups in total. The molecule has 9 nitrogen and oxygen atoms in total. The Bertz CT molecular complexity index is 890. The lowest BCUT2D eigenvalue weighted by atomic mass is 9.93. The average molecular weight is 430 g/mol. The van der Waals surface area contributed by atoms with Crippen LogP contribution >= 0.6 is 0 Å². The molecule has 1 aromatic carbocycles. The Kier molecular flexibility index (Phi) is 7.16. The molecular weight excluding hydrogens is 413 g/mol. The number of aliphatic carboxylic acids is 1. The third-order valence-electron chi connectivity index (χ3n) is 4.08. The van der Waals surface area contributed by atoms with E-state index in [0.29, 0.717) is 13.1 Å². The Morgan fingerprint density at radius 2 is 1.77 bits per heavy atom. The van der Waals surface area contributed by atoms with Gasteiger partial charge in [0.15, 0.2) is 18.1 Å². The molecule has 3 rings (SSSR count).